The molecule has 1 fully saturated rings. The van der Waals surface area contributed by atoms with Crippen LogP contribution in [0.4, 0.5) is 0 Å². The molecule has 3 nitrogen and oxygen atoms in total. The number of hydrogen-bond acceptors (Lipinski definition) is 3. The highest BCUT2D eigenvalue weighted by molar-refractivity contribution is 9.12. The van der Waals surface area contributed by atoms with E-state index < -0.39 is 4.32 Å². The highest BCUT2D eigenvalue weighted by atomic mass is 79.9. The number of hydrogen-bond donors (Lipinski definition) is 0. The first-order valence-corrected chi connectivity index (χ1v) is 5.82. The lowest BCUT2D eigenvalue weighted by Crippen LogP contribution is -2.54. The number of Topliss-reactive ketones (excluding diaryl/α,β-unsaturated/α-hetero) is 1. The zero-order valence-corrected chi connectivity index (χ0v) is 10.6. The van der Waals surface area contributed by atoms with E-state index in [1.807, 2.05) is 0 Å². The number of ketones is 1. The minimum atomic E-state index is -0.952. The largest absolute Gasteiger partial charge is 0.456 e. The molecular weight excluding hydrogens is 316 g/mol. The van der Waals surface area contributed by atoms with E-state index in [4.69, 9.17) is 4.74 Å². The Morgan fingerprint density at radius 2 is 2.36 bits per heavy atom. The van der Waals surface area contributed by atoms with Crippen molar-refractivity contribution >= 4 is 43.6 Å². The van der Waals surface area contributed by atoms with E-state index in [1.165, 1.54) is 6.92 Å². The van der Waals surface area contributed by atoms with E-state index in [0.717, 1.165) is 4.48 Å². The standard InChI is InChI=1S/C9H8Br2O3/c1-4(12)5-2-7-6(10)3-9(5,11)8(13)14-7/h3,5,7H,2H2,1H3/t5-,7+,9-/m1/s1. The molecule has 2 aliphatic heterocycles. The molecule has 76 valence electrons. The molecule has 0 spiro atoms. The summed E-state index contributed by atoms with van der Waals surface area (Å²) < 4.78 is 5.02. The number of ether oxygens (including phenoxy) is 1. The summed E-state index contributed by atoms with van der Waals surface area (Å²) in [5.74, 6) is -0.660. The minimum Gasteiger partial charge on any atom is -0.456 e. The monoisotopic (exact) mass is 322 g/mol. The number of esters is 1. The first kappa shape index (κ1) is 10.4. The molecule has 3 rings (SSSR count). The van der Waals surface area contributed by atoms with Crippen LogP contribution in [0.2, 0.25) is 0 Å². The van der Waals surface area contributed by atoms with Gasteiger partial charge in [-0.15, -0.1) is 0 Å². The Morgan fingerprint density at radius 3 is 2.93 bits per heavy atom. The van der Waals surface area contributed by atoms with Gasteiger partial charge >= 0.3 is 5.97 Å². The Bertz CT molecular complexity index is 350. The molecule has 5 heteroatoms. The van der Waals surface area contributed by atoms with Gasteiger partial charge < -0.3 is 4.74 Å². The van der Waals surface area contributed by atoms with Crippen molar-refractivity contribution in [3.05, 3.63) is 10.6 Å². The van der Waals surface area contributed by atoms with Crippen molar-refractivity contribution in [1.82, 2.24) is 0 Å². The second-order valence-corrected chi connectivity index (χ2v) is 5.82. The molecule has 3 atom stereocenters. The van der Waals surface area contributed by atoms with Crippen LogP contribution in [-0.2, 0) is 14.3 Å². The van der Waals surface area contributed by atoms with Crippen molar-refractivity contribution in [3.8, 4) is 0 Å². The zero-order chi connectivity index (χ0) is 10.5. The topological polar surface area (TPSA) is 43.4 Å². The quantitative estimate of drug-likeness (QED) is 0.547. The molecule has 0 aromatic carbocycles. The van der Waals surface area contributed by atoms with Gasteiger partial charge in [-0.05, 0) is 13.0 Å². The van der Waals surface area contributed by atoms with Crippen LogP contribution in [0.5, 0.6) is 0 Å². The molecule has 3 aliphatic rings. The van der Waals surface area contributed by atoms with Gasteiger partial charge in [0, 0.05) is 10.9 Å². The summed E-state index contributed by atoms with van der Waals surface area (Å²) in [5, 5.41) is 0. The molecule has 14 heavy (non-hydrogen) atoms. The molecule has 0 saturated carbocycles. The number of fused-ring (bicyclic) bond motifs is 2. The Kier molecular flexibility index (Phi) is 2.34. The van der Waals surface area contributed by atoms with E-state index in [0.29, 0.717) is 6.42 Å². The predicted molar refractivity (Wildman–Crippen MR) is 57.3 cm³/mol. The average molecular weight is 324 g/mol. The molecular formula is C9H8Br2O3. The van der Waals surface area contributed by atoms with E-state index in [-0.39, 0.29) is 23.8 Å². The van der Waals surface area contributed by atoms with Gasteiger partial charge in [0.25, 0.3) is 0 Å². The normalized spacial score (nSPS) is 40.5. The van der Waals surface area contributed by atoms with E-state index in [1.54, 1.807) is 6.08 Å². The number of carbonyl (C=O) groups excluding carboxylic acids is 2. The molecule has 2 heterocycles. The van der Waals surface area contributed by atoms with Crippen molar-refractivity contribution in [1.29, 1.82) is 0 Å². The molecule has 0 aromatic heterocycles. The summed E-state index contributed by atoms with van der Waals surface area (Å²) in [4.78, 5) is 22.9. The molecule has 0 amide bonds. The van der Waals surface area contributed by atoms with Crippen LogP contribution in [0.15, 0.2) is 10.6 Å². The van der Waals surface area contributed by atoms with Crippen LogP contribution in [0.3, 0.4) is 0 Å². The fraction of sp³-hybridized carbons (Fsp3) is 0.556. The first-order valence-electron chi connectivity index (χ1n) is 4.24. The molecule has 2 bridgehead atoms. The molecule has 1 aliphatic carbocycles. The van der Waals surface area contributed by atoms with Gasteiger partial charge in [0.2, 0.25) is 0 Å². The number of carbonyl (C=O) groups is 2. The van der Waals surface area contributed by atoms with Gasteiger partial charge in [0.1, 0.15) is 11.9 Å². The van der Waals surface area contributed by atoms with Gasteiger partial charge in [-0.3, -0.25) is 9.59 Å². The van der Waals surface area contributed by atoms with Crippen LogP contribution < -0.4 is 0 Å². The lowest BCUT2D eigenvalue weighted by atomic mass is 9.78. The Morgan fingerprint density at radius 1 is 1.71 bits per heavy atom. The number of rotatable bonds is 1. The smallest absolute Gasteiger partial charge is 0.328 e. The number of alkyl halides is 1. The van der Waals surface area contributed by atoms with Crippen molar-refractivity contribution < 1.29 is 14.3 Å². The Labute approximate surface area is 98.1 Å². The molecule has 0 unspecified atom stereocenters. The summed E-state index contributed by atoms with van der Waals surface area (Å²) in [7, 11) is 0. The highest BCUT2D eigenvalue weighted by Crippen LogP contribution is 2.47. The summed E-state index contributed by atoms with van der Waals surface area (Å²) in [6, 6.07) is 0. The van der Waals surface area contributed by atoms with Gasteiger partial charge in [-0.1, -0.05) is 31.9 Å². The lowest BCUT2D eigenvalue weighted by molar-refractivity contribution is -0.160. The molecule has 1 saturated heterocycles. The maximum atomic E-state index is 11.6. The highest BCUT2D eigenvalue weighted by Gasteiger charge is 2.55. The maximum Gasteiger partial charge on any atom is 0.328 e. The van der Waals surface area contributed by atoms with Crippen LogP contribution >= 0.6 is 31.9 Å². The van der Waals surface area contributed by atoms with E-state index >= 15 is 0 Å². The third-order valence-corrected chi connectivity index (χ3v) is 4.51. The average Bonchev–Trinajstić information content (AvgIpc) is 2.06. The summed E-state index contributed by atoms with van der Waals surface area (Å²) in [5.41, 5.74) is 0. The summed E-state index contributed by atoms with van der Waals surface area (Å²) in [6.07, 6.45) is 2.01. The van der Waals surface area contributed by atoms with Crippen molar-refractivity contribution in [2.45, 2.75) is 23.8 Å². The first-order chi connectivity index (χ1) is 6.45. The van der Waals surface area contributed by atoms with Crippen molar-refractivity contribution in [2.24, 2.45) is 5.92 Å². The number of halogens is 2. The fourth-order valence-electron chi connectivity index (χ4n) is 1.88. The van der Waals surface area contributed by atoms with Crippen LogP contribution in [0, 0.1) is 5.92 Å². The zero-order valence-electron chi connectivity index (χ0n) is 7.42. The second kappa shape index (κ2) is 3.17. The van der Waals surface area contributed by atoms with Gasteiger partial charge in [-0.25, -0.2) is 0 Å². The van der Waals surface area contributed by atoms with Gasteiger partial charge in [0.05, 0.1) is 5.92 Å². The second-order valence-electron chi connectivity index (χ2n) is 3.59. The minimum absolute atomic E-state index is 0.0137. The van der Waals surface area contributed by atoms with Crippen LogP contribution in [-0.4, -0.2) is 22.2 Å². The predicted octanol–water partition coefficient (Wildman–Crippen LogP) is 1.93. The summed E-state index contributed by atoms with van der Waals surface area (Å²) in [6.45, 7) is 1.50. The maximum absolute atomic E-state index is 11.6. The van der Waals surface area contributed by atoms with Crippen LogP contribution in [0.1, 0.15) is 13.3 Å². The van der Waals surface area contributed by atoms with E-state index in [2.05, 4.69) is 31.9 Å². The Hall–Kier alpha value is -0.160. The van der Waals surface area contributed by atoms with Crippen molar-refractivity contribution in [3.63, 3.8) is 0 Å². The van der Waals surface area contributed by atoms with Gasteiger partial charge in [0.15, 0.2) is 4.32 Å². The third-order valence-electron chi connectivity index (χ3n) is 2.67. The Balaban J connectivity index is 2.47. The molecule has 0 N–H and O–H groups in total. The van der Waals surface area contributed by atoms with Crippen LogP contribution in [0.25, 0.3) is 0 Å². The van der Waals surface area contributed by atoms with Crippen molar-refractivity contribution in [2.75, 3.05) is 0 Å². The molecule has 0 radical (unpaired) electrons. The third kappa shape index (κ3) is 1.29. The SMILES string of the molecule is CC(=O)[C@H]1C[C@@H]2OC(=O)[C@@]1(Br)C=C2Br. The summed E-state index contributed by atoms with van der Waals surface area (Å²) >= 11 is 6.63. The van der Waals surface area contributed by atoms with Gasteiger partial charge in [-0.2, -0.15) is 0 Å². The van der Waals surface area contributed by atoms with E-state index in [9.17, 15) is 9.59 Å². The lowest BCUT2D eigenvalue weighted by Gasteiger charge is -2.42. The molecule has 0 aromatic rings. The fourth-order valence-corrected chi connectivity index (χ4v) is 3.68.